The van der Waals surface area contributed by atoms with E-state index in [1.807, 2.05) is 44.2 Å². The van der Waals surface area contributed by atoms with Crippen LogP contribution in [0.3, 0.4) is 0 Å². The van der Waals surface area contributed by atoms with E-state index in [1.165, 1.54) is 12.8 Å². The minimum atomic E-state index is -0.135. The predicted molar refractivity (Wildman–Crippen MR) is 99.9 cm³/mol. The lowest BCUT2D eigenvalue weighted by atomic mass is 10.1. The van der Waals surface area contributed by atoms with E-state index in [4.69, 9.17) is 4.74 Å². The zero-order valence-corrected chi connectivity index (χ0v) is 14.9. The number of para-hydroxylation sites is 1. The van der Waals surface area contributed by atoms with Gasteiger partial charge in [0.25, 0.3) is 5.91 Å². The van der Waals surface area contributed by atoms with Crippen LogP contribution in [0.5, 0.6) is 5.75 Å². The van der Waals surface area contributed by atoms with Crippen LogP contribution in [0.4, 0.5) is 5.69 Å². The Balaban J connectivity index is 2.03. The number of benzene rings is 2. The van der Waals surface area contributed by atoms with E-state index in [9.17, 15) is 4.79 Å². The highest BCUT2D eigenvalue weighted by Gasteiger charge is 2.12. The first kappa shape index (κ1) is 18.1. The molecular formula is C21H27NO2. The summed E-state index contributed by atoms with van der Waals surface area (Å²) in [5, 5.41) is 2.97. The summed E-state index contributed by atoms with van der Waals surface area (Å²) in [5.41, 5.74) is 3.65. The van der Waals surface area contributed by atoms with Crippen LogP contribution in [0.1, 0.15) is 54.1 Å². The molecular weight excluding hydrogens is 298 g/mol. The van der Waals surface area contributed by atoms with Gasteiger partial charge in [-0.1, -0.05) is 44.4 Å². The number of hydrogen-bond acceptors (Lipinski definition) is 2. The van der Waals surface area contributed by atoms with Gasteiger partial charge in [-0.15, -0.1) is 0 Å². The average Bonchev–Trinajstić information content (AvgIpc) is 2.54. The Kier molecular flexibility index (Phi) is 6.86. The highest BCUT2D eigenvalue weighted by atomic mass is 16.5. The maximum absolute atomic E-state index is 12.6. The van der Waals surface area contributed by atoms with Crippen molar-refractivity contribution in [2.45, 2.75) is 46.5 Å². The van der Waals surface area contributed by atoms with Gasteiger partial charge in [0.05, 0.1) is 12.2 Å². The summed E-state index contributed by atoms with van der Waals surface area (Å²) >= 11 is 0. The Morgan fingerprint density at radius 1 is 1.00 bits per heavy atom. The second-order valence-corrected chi connectivity index (χ2v) is 6.24. The number of amides is 1. The Morgan fingerprint density at radius 2 is 1.71 bits per heavy atom. The van der Waals surface area contributed by atoms with Gasteiger partial charge in [0.15, 0.2) is 0 Å². The van der Waals surface area contributed by atoms with Crippen molar-refractivity contribution >= 4 is 11.6 Å². The number of ether oxygens (including phenoxy) is 1. The van der Waals surface area contributed by atoms with Crippen molar-refractivity contribution in [3.63, 3.8) is 0 Å². The van der Waals surface area contributed by atoms with E-state index in [-0.39, 0.29) is 5.91 Å². The summed E-state index contributed by atoms with van der Waals surface area (Å²) in [6.07, 6.45) is 4.60. The van der Waals surface area contributed by atoms with Crippen molar-refractivity contribution in [3.8, 4) is 5.75 Å². The summed E-state index contributed by atoms with van der Waals surface area (Å²) in [6, 6.07) is 13.5. The minimum absolute atomic E-state index is 0.135. The molecule has 0 radical (unpaired) electrons. The first-order chi connectivity index (χ1) is 11.6. The molecule has 0 unspecified atom stereocenters. The number of aryl methyl sites for hydroxylation is 2. The first-order valence-corrected chi connectivity index (χ1v) is 8.71. The molecule has 3 heteroatoms. The van der Waals surface area contributed by atoms with Crippen molar-refractivity contribution in [1.82, 2.24) is 0 Å². The first-order valence-electron chi connectivity index (χ1n) is 8.71. The number of rotatable bonds is 8. The van der Waals surface area contributed by atoms with Gasteiger partial charge in [-0.05, 0) is 55.7 Å². The Labute approximate surface area is 145 Å². The summed E-state index contributed by atoms with van der Waals surface area (Å²) in [4.78, 5) is 12.6. The quantitative estimate of drug-likeness (QED) is 0.649. The Morgan fingerprint density at radius 3 is 2.42 bits per heavy atom. The van der Waals surface area contributed by atoms with Gasteiger partial charge in [0.2, 0.25) is 0 Å². The van der Waals surface area contributed by atoms with Crippen molar-refractivity contribution in [2.24, 2.45) is 0 Å². The zero-order valence-electron chi connectivity index (χ0n) is 14.9. The molecule has 0 spiro atoms. The highest BCUT2D eigenvalue weighted by molar-refractivity contribution is 6.06. The lowest BCUT2D eigenvalue weighted by molar-refractivity contribution is 0.102. The van der Waals surface area contributed by atoms with Gasteiger partial charge in [-0.25, -0.2) is 0 Å². The van der Waals surface area contributed by atoms with Gasteiger partial charge in [0, 0.05) is 5.69 Å². The van der Waals surface area contributed by atoms with Gasteiger partial charge in [-0.2, -0.15) is 0 Å². The van der Waals surface area contributed by atoms with E-state index in [2.05, 4.69) is 18.3 Å². The second-order valence-electron chi connectivity index (χ2n) is 6.24. The lowest BCUT2D eigenvalue weighted by Crippen LogP contribution is -2.14. The average molecular weight is 325 g/mol. The molecule has 128 valence electrons. The maximum Gasteiger partial charge on any atom is 0.259 e. The molecule has 1 N–H and O–H groups in total. The Hall–Kier alpha value is -2.29. The van der Waals surface area contributed by atoms with Crippen LogP contribution in [0.25, 0.3) is 0 Å². The monoisotopic (exact) mass is 325 g/mol. The van der Waals surface area contributed by atoms with E-state index >= 15 is 0 Å². The smallest absolute Gasteiger partial charge is 0.259 e. The molecule has 0 heterocycles. The number of carbonyl (C=O) groups excluding carboxylic acids is 1. The fraction of sp³-hybridized carbons (Fsp3) is 0.381. The number of anilines is 1. The number of hydrogen-bond donors (Lipinski definition) is 1. The maximum atomic E-state index is 12.6. The molecule has 0 aliphatic carbocycles. The lowest BCUT2D eigenvalue weighted by Gasteiger charge is -2.12. The minimum Gasteiger partial charge on any atom is -0.493 e. The molecule has 3 nitrogen and oxygen atoms in total. The van der Waals surface area contributed by atoms with Gasteiger partial charge < -0.3 is 10.1 Å². The third-order valence-electron chi connectivity index (χ3n) is 3.87. The molecule has 2 aromatic rings. The number of unbranched alkanes of at least 4 members (excludes halogenated alkanes) is 3. The summed E-state index contributed by atoms with van der Waals surface area (Å²) in [6.45, 7) is 6.88. The summed E-state index contributed by atoms with van der Waals surface area (Å²) in [5.74, 6) is 0.514. The number of carbonyl (C=O) groups is 1. The van der Waals surface area contributed by atoms with Gasteiger partial charge in [0.1, 0.15) is 5.75 Å². The molecule has 0 fully saturated rings. The van der Waals surface area contributed by atoms with Crippen LogP contribution < -0.4 is 10.1 Å². The van der Waals surface area contributed by atoms with Crippen LogP contribution >= 0.6 is 0 Å². The van der Waals surface area contributed by atoms with Gasteiger partial charge >= 0.3 is 0 Å². The Bertz CT molecular complexity index is 659. The molecule has 0 aliphatic heterocycles. The fourth-order valence-electron chi connectivity index (χ4n) is 2.74. The van der Waals surface area contributed by atoms with Crippen molar-refractivity contribution < 1.29 is 9.53 Å². The number of nitrogens with one attached hydrogen (secondary N) is 1. The fourth-order valence-corrected chi connectivity index (χ4v) is 2.74. The molecule has 0 saturated heterocycles. The predicted octanol–water partition coefficient (Wildman–Crippen LogP) is 5.51. The summed E-state index contributed by atoms with van der Waals surface area (Å²) in [7, 11) is 0. The van der Waals surface area contributed by atoms with Crippen LogP contribution in [0.2, 0.25) is 0 Å². The third-order valence-corrected chi connectivity index (χ3v) is 3.87. The standard InChI is InChI=1S/C21H27NO2/c1-4-5-6-9-12-24-20-11-8-7-10-19(20)21(23)22-18-14-16(2)13-17(3)15-18/h7-8,10-11,13-15H,4-6,9,12H2,1-3H3,(H,22,23). The van der Waals surface area contributed by atoms with E-state index < -0.39 is 0 Å². The molecule has 2 rings (SSSR count). The molecule has 24 heavy (non-hydrogen) atoms. The molecule has 0 bridgehead atoms. The van der Waals surface area contributed by atoms with Crippen molar-refractivity contribution in [2.75, 3.05) is 11.9 Å². The molecule has 0 saturated carbocycles. The molecule has 2 aromatic carbocycles. The van der Waals surface area contributed by atoms with Crippen LogP contribution in [-0.4, -0.2) is 12.5 Å². The molecule has 0 atom stereocenters. The SMILES string of the molecule is CCCCCCOc1ccccc1C(=O)Nc1cc(C)cc(C)c1. The van der Waals surface area contributed by atoms with Crippen LogP contribution in [-0.2, 0) is 0 Å². The van der Waals surface area contributed by atoms with Crippen molar-refractivity contribution in [1.29, 1.82) is 0 Å². The highest BCUT2D eigenvalue weighted by Crippen LogP contribution is 2.21. The van der Waals surface area contributed by atoms with Crippen molar-refractivity contribution in [3.05, 3.63) is 59.2 Å². The van der Waals surface area contributed by atoms with Crippen LogP contribution in [0, 0.1) is 13.8 Å². The zero-order chi connectivity index (χ0) is 17.4. The van der Waals surface area contributed by atoms with E-state index in [1.54, 1.807) is 6.07 Å². The second kappa shape index (κ2) is 9.11. The summed E-state index contributed by atoms with van der Waals surface area (Å²) < 4.78 is 5.83. The molecule has 0 aliphatic rings. The molecule has 0 aromatic heterocycles. The van der Waals surface area contributed by atoms with Crippen LogP contribution in [0.15, 0.2) is 42.5 Å². The topological polar surface area (TPSA) is 38.3 Å². The van der Waals surface area contributed by atoms with E-state index in [0.717, 1.165) is 29.7 Å². The molecule has 1 amide bonds. The third kappa shape index (κ3) is 5.41. The largest absolute Gasteiger partial charge is 0.493 e. The normalized spacial score (nSPS) is 10.5. The van der Waals surface area contributed by atoms with E-state index in [0.29, 0.717) is 17.9 Å². The van der Waals surface area contributed by atoms with Gasteiger partial charge in [-0.3, -0.25) is 4.79 Å².